The van der Waals surface area contributed by atoms with E-state index in [1.54, 1.807) is 31.2 Å². The van der Waals surface area contributed by atoms with Gasteiger partial charge in [-0.1, -0.05) is 25.1 Å². The molecule has 0 aliphatic rings. The molecule has 30 heavy (non-hydrogen) atoms. The highest BCUT2D eigenvalue weighted by Gasteiger charge is 2.20. The number of nitrogens with zero attached hydrogens (tertiary/aromatic N) is 1. The summed E-state index contributed by atoms with van der Waals surface area (Å²) in [4.78, 5) is 15.9. The lowest BCUT2D eigenvalue weighted by Crippen LogP contribution is -2.22. The summed E-state index contributed by atoms with van der Waals surface area (Å²) in [5.41, 5.74) is 1.22. The number of hydrogen-bond acceptors (Lipinski definition) is 5. The van der Waals surface area contributed by atoms with Crippen molar-refractivity contribution in [3.63, 3.8) is 0 Å². The lowest BCUT2D eigenvalue weighted by molar-refractivity contribution is -0.121. The zero-order chi connectivity index (χ0) is 21.7. The maximum Gasteiger partial charge on any atom is 0.262 e. The highest BCUT2D eigenvalue weighted by Crippen LogP contribution is 2.30. The highest BCUT2D eigenvalue weighted by molar-refractivity contribution is 7.92. The Morgan fingerprint density at radius 2 is 1.93 bits per heavy atom. The third kappa shape index (κ3) is 5.04. The number of oxazole rings is 1. The molecule has 0 bridgehead atoms. The Morgan fingerprint density at radius 3 is 2.67 bits per heavy atom. The number of benzene rings is 2. The summed E-state index contributed by atoms with van der Waals surface area (Å²) < 4.78 is 47.0. The Balaban J connectivity index is 1.87. The van der Waals surface area contributed by atoms with Gasteiger partial charge in [0.25, 0.3) is 10.0 Å². The van der Waals surface area contributed by atoms with Crippen molar-refractivity contribution in [2.45, 2.75) is 38.1 Å². The van der Waals surface area contributed by atoms with Gasteiger partial charge in [0.2, 0.25) is 11.8 Å². The summed E-state index contributed by atoms with van der Waals surface area (Å²) in [7, 11) is -4.01. The standard InChI is InChI=1S/C21H22FN3O4S/c1-3-7-20(26)23-13-19-14(2)29-21(24-19)17-10-4-5-11-18(17)25-30(27,28)16-9-6-8-15(22)12-16/h4-6,8-12,25H,3,7,13H2,1-2H3,(H,23,26). The van der Waals surface area contributed by atoms with Crippen LogP contribution < -0.4 is 10.0 Å². The van der Waals surface area contributed by atoms with Crippen molar-refractivity contribution in [2.75, 3.05) is 4.72 Å². The van der Waals surface area contributed by atoms with Gasteiger partial charge < -0.3 is 9.73 Å². The molecule has 7 nitrogen and oxygen atoms in total. The number of aromatic nitrogens is 1. The summed E-state index contributed by atoms with van der Waals surface area (Å²) in [6, 6.07) is 11.3. The van der Waals surface area contributed by atoms with Crippen molar-refractivity contribution >= 4 is 21.6 Å². The van der Waals surface area contributed by atoms with Crippen LogP contribution in [0.25, 0.3) is 11.5 Å². The van der Waals surface area contributed by atoms with Crippen molar-refractivity contribution in [2.24, 2.45) is 0 Å². The first-order valence-electron chi connectivity index (χ1n) is 9.41. The van der Waals surface area contributed by atoms with Gasteiger partial charge in [0.05, 0.1) is 22.7 Å². The van der Waals surface area contributed by atoms with Gasteiger partial charge in [-0.05, 0) is 43.7 Å². The first-order chi connectivity index (χ1) is 14.3. The minimum Gasteiger partial charge on any atom is -0.441 e. The smallest absolute Gasteiger partial charge is 0.262 e. The van der Waals surface area contributed by atoms with Crippen LogP contribution in [0.4, 0.5) is 10.1 Å². The minimum absolute atomic E-state index is 0.0790. The molecular weight excluding hydrogens is 409 g/mol. The quantitative estimate of drug-likeness (QED) is 0.561. The van der Waals surface area contributed by atoms with Crippen molar-refractivity contribution in [3.05, 3.63) is 65.8 Å². The van der Waals surface area contributed by atoms with Crippen LogP contribution in [0.3, 0.4) is 0 Å². The molecule has 9 heteroatoms. The van der Waals surface area contributed by atoms with E-state index in [1.807, 2.05) is 6.92 Å². The van der Waals surface area contributed by atoms with Crippen molar-refractivity contribution in [3.8, 4) is 11.5 Å². The Hall–Kier alpha value is -3.20. The number of anilines is 1. The van der Waals surface area contributed by atoms with Crippen molar-refractivity contribution in [1.29, 1.82) is 0 Å². The predicted molar refractivity (Wildman–Crippen MR) is 111 cm³/mol. The van der Waals surface area contributed by atoms with Crippen molar-refractivity contribution < 1.29 is 22.0 Å². The van der Waals surface area contributed by atoms with Gasteiger partial charge in [0, 0.05) is 6.42 Å². The average Bonchev–Trinajstić information content (AvgIpc) is 3.07. The number of amides is 1. The fourth-order valence-corrected chi connectivity index (χ4v) is 3.91. The summed E-state index contributed by atoms with van der Waals surface area (Å²) in [6.07, 6.45) is 1.17. The van der Waals surface area contributed by atoms with Gasteiger partial charge in [-0.25, -0.2) is 17.8 Å². The Kier molecular flexibility index (Phi) is 6.51. The number of rotatable bonds is 8. The second kappa shape index (κ2) is 9.08. The van der Waals surface area contributed by atoms with E-state index >= 15 is 0 Å². The Morgan fingerprint density at radius 1 is 1.17 bits per heavy atom. The van der Waals surface area contributed by atoms with Crippen LogP contribution in [0.15, 0.2) is 57.8 Å². The number of nitrogens with one attached hydrogen (secondary N) is 2. The normalized spacial score (nSPS) is 11.3. The average molecular weight is 431 g/mol. The lowest BCUT2D eigenvalue weighted by Gasteiger charge is -2.11. The van der Waals surface area contributed by atoms with E-state index in [-0.39, 0.29) is 28.9 Å². The number of sulfonamides is 1. The molecule has 0 fully saturated rings. The molecule has 0 radical (unpaired) electrons. The van der Waals surface area contributed by atoms with Crippen LogP contribution in [0.5, 0.6) is 0 Å². The van der Waals surface area contributed by atoms with Crippen LogP contribution in [-0.2, 0) is 21.4 Å². The molecule has 0 spiro atoms. The maximum atomic E-state index is 13.5. The molecule has 2 aromatic carbocycles. The molecule has 3 aromatic rings. The number of carbonyl (C=O) groups excluding carboxylic acids is 1. The molecule has 1 heterocycles. The van der Waals surface area contributed by atoms with Gasteiger partial charge in [0.1, 0.15) is 17.3 Å². The molecule has 0 saturated heterocycles. The number of carbonyl (C=O) groups is 1. The molecule has 158 valence electrons. The van der Waals surface area contributed by atoms with Gasteiger partial charge in [-0.3, -0.25) is 9.52 Å². The van der Waals surface area contributed by atoms with E-state index in [4.69, 9.17) is 4.42 Å². The fourth-order valence-electron chi connectivity index (χ4n) is 2.80. The van der Waals surface area contributed by atoms with Crippen LogP contribution in [0, 0.1) is 12.7 Å². The predicted octanol–water partition coefficient (Wildman–Crippen LogP) is 4.01. The minimum atomic E-state index is -4.01. The van der Waals surface area contributed by atoms with Gasteiger partial charge in [0.15, 0.2) is 0 Å². The van der Waals surface area contributed by atoms with E-state index in [0.717, 1.165) is 12.5 Å². The summed E-state index contributed by atoms with van der Waals surface area (Å²) in [6.45, 7) is 3.85. The largest absolute Gasteiger partial charge is 0.441 e. The van der Waals surface area contributed by atoms with Crippen LogP contribution >= 0.6 is 0 Å². The molecular formula is C21H22FN3O4S. The zero-order valence-electron chi connectivity index (χ0n) is 16.6. The van der Waals surface area contributed by atoms with E-state index in [2.05, 4.69) is 15.0 Å². The van der Waals surface area contributed by atoms with Crippen LogP contribution in [-0.4, -0.2) is 19.3 Å². The summed E-state index contributed by atoms with van der Waals surface area (Å²) >= 11 is 0. The molecule has 0 aliphatic carbocycles. The number of halogens is 1. The molecule has 1 amide bonds. The number of aryl methyl sites for hydroxylation is 1. The van der Waals surface area contributed by atoms with E-state index in [1.165, 1.54) is 18.2 Å². The molecule has 2 N–H and O–H groups in total. The summed E-state index contributed by atoms with van der Waals surface area (Å²) in [5.74, 6) is 0.00308. The second-order valence-corrected chi connectivity index (χ2v) is 8.34. The number of hydrogen-bond donors (Lipinski definition) is 2. The number of para-hydroxylation sites is 1. The van der Waals surface area contributed by atoms with E-state index in [9.17, 15) is 17.6 Å². The van der Waals surface area contributed by atoms with Crippen LogP contribution in [0.1, 0.15) is 31.2 Å². The van der Waals surface area contributed by atoms with Gasteiger partial charge in [-0.2, -0.15) is 0 Å². The molecule has 0 aliphatic heterocycles. The zero-order valence-corrected chi connectivity index (χ0v) is 17.4. The van der Waals surface area contributed by atoms with Gasteiger partial charge in [-0.15, -0.1) is 0 Å². The van der Waals surface area contributed by atoms with Crippen LogP contribution in [0.2, 0.25) is 0 Å². The van der Waals surface area contributed by atoms with E-state index in [0.29, 0.717) is 23.4 Å². The maximum absolute atomic E-state index is 13.5. The third-order valence-corrected chi connectivity index (χ3v) is 5.69. The lowest BCUT2D eigenvalue weighted by atomic mass is 10.2. The first kappa shape index (κ1) is 21.5. The Bertz CT molecular complexity index is 1160. The molecule has 1 aromatic heterocycles. The molecule has 0 atom stereocenters. The molecule has 3 rings (SSSR count). The van der Waals surface area contributed by atoms with E-state index < -0.39 is 15.8 Å². The fraction of sp³-hybridized carbons (Fsp3) is 0.238. The first-order valence-corrected chi connectivity index (χ1v) is 10.9. The Labute approximate surface area is 174 Å². The van der Waals surface area contributed by atoms with Crippen molar-refractivity contribution in [1.82, 2.24) is 10.3 Å². The second-order valence-electron chi connectivity index (χ2n) is 6.66. The SMILES string of the molecule is CCCC(=O)NCc1nc(-c2ccccc2NS(=O)(=O)c2cccc(F)c2)oc1C. The topological polar surface area (TPSA) is 101 Å². The molecule has 0 saturated carbocycles. The summed E-state index contributed by atoms with van der Waals surface area (Å²) in [5, 5.41) is 2.78. The monoisotopic (exact) mass is 431 g/mol. The highest BCUT2D eigenvalue weighted by atomic mass is 32.2. The third-order valence-electron chi connectivity index (χ3n) is 4.33. The molecule has 0 unspecified atom stereocenters. The van der Waals surface area contributed by atoms with Gasteiger partial charge >= 0.3 is 0 Å².